The lowest BCUT2D eigenvalue weighted by Gasteiger charge is -2.12. The second kappa shape index (κ2) is 8.49. The topological polar surface area (TPSA) is 27.1 Å². The van der Waals surface area contributed by atoms with Crippen LogP contribution in [0.15, 0.2) is 71.9 Å². The fourth-order valence-electron chi connectivity index (χ4n) is 3.26. The van der Waals surface area contributed by atoms with E-state index in [-0.39, 0.29) is 0 Å². The van der Waals surface area contributed by atoms with Crippen LogP contribution < -0.4 is 4.74 Å². The molecule has 0 aliphatic heterocycles. The van der Waals surface area contributed by atoms with E-state index in [0.29, 0.717) is 6.61 Å². The summed E-state index contributed by atoms with van der Waals surface area (Å²) in [5, 5.41) is 3.46. The molecule has 27 heavy (non-hydrogen) atoms. The summed E-state index contributed by atoms with van der Waals surface area (Å²) in [4.78, 5) is 4.83. The highest BCUT2D eigenvalue weighted by Crippen LogP contribution is 2.27. The maximum absolute atomic E-state index is 6.16. The number of fused-ring (bicyclic) bond motifs is 2. The molecule has 4 rings (SSSR count). The van der Waals surface area contributed by atoms with Crippen LogP contribution in [0.3, 0.4) is 0 Å². The zero-order chi connectivity index (χ0) is 18.5. The Bertz CT molecular complexity index is 1040. The predicted molar refractivity (Wildman–Crippen MR) is 115 cm³/mol. The number of hydrogen-bond acceptors (Lipinski definition) is 3. The molecule has 4 aromatic rings. The molecule has 0 unspecified atom stereocenters. The Hall–Kier alpha value is -2.46. The van der Waals surface area contributed by atoms with Crippen LogP contribution in [-0.4, -0.2) is 21.9 Å². The normalized spacial score (nSPS) is 11.3. The van der Waals surface area contributed by atoms with Crippen molar-refractivity contribution in [1.82, 2.24) is 9.55 Å². The van der Waals surface area contributed by atoms with Crippen LogP contribution in [0, 0.1) is 0 Å². The molecule has 0 fully saturated rings. The zero-order valence-corrected chi connectivity index (χ0v) is 16.4. The molecule has 4 heteroatoms. The van der Waals surface area contributed by atoms with Crippen molar-refractivity contribution in [2.24, 2.45) is 0 Å². The molecule has 0 spiro atoms. The number of rotatable bonds is 8. The van der Waals surface area contributed by atoms with Gasteiger partial charge in [-0.2, -0.15) is 0 Å². The molecule has 0 atom stereocenters. The summed E-state index contributed by atoms with van der Waals surface area (Å²) < 4.78 is 8.46. The van der Waals surface area contributed by atoms with Crippen LogP contribution in [0.5, 0.6) is 5.75 Å². The van der Waals surface area contributed by atoms with Crippen molar-refractivity contribution in [3.8, 4) is 5.75 Å². The first-order valence-corrected chi connectivity index (χ1v) is 10.5. The lowest BCUT2D eigenvalue weighted by atomic mass is 10.1. The van der Waals surface area contributed by atoms with Crippen LogP contribution in [0.25, 0.3) is 21.8 Å². The fraction of sp³-hybridized carbons (Fsp3) is 0.261. The number of aromatic nitrogens is 2. The van der Waals surface area contributed by atoms with E-state index in [1.165, 1.54) is 23.7 Å². The molecule has 1 heterocycles. The molecule has 0 aliphatic carbocycles. The van der Waals surface area contributed by atoms with E-state index < -0.39 is 0 Å². The number of nitrogens with zero attached hydrogens (tertiary/aromatic N) is 2. The summed E-state index contributed by atoms with van der Waals surface area (Å²) in [5.41, 5.74) is 2.24. The van der Waals surface area contributed by atoms with Crippen molar-refractivity contribution in [2.75, 3.05) is 12.4 Å². The van der Waals surface area contributed by atoms with Crippen LogP contribution in [0.4, 0.5) is 0 Å². The molecule has 0 saturated heterocycles. The van der Waals surface area contributed by atoms with Crippen molar-refractivity contribution in [3.05, 3.63) is 66.7 Å². The molecule has 3 nitrogen and oxygen atoms in total. The van der Waals surface area contributed by atoms with Gasteiger partial charge in [-0.15, -0.1) is 0 Å². The van der Waals surface area contributed by atoms with E-state index in [4.69, 9.17) is 9.72 Å². The minimum atomic E-state index is 0.621. The zero-order valence-electron chi connectivity index (χ0n) is 15.6. The Morgan fingerprint density at radius 1 is 0.963 bits per heavy atom. The maximum Gasteiger partial charge on any atom is 0.169 e. The highest BCUT2D eigenvalue weighted by atomic mass is 32.2. The van der Waals surface area contributed by atoms with Gasteiger partial charge >= 0.3 is 0 Å². The van der Waals surface area contributed by atoms with E-state index in [1.54, 1.807) is 0 Å². The Morgan fingerprint density at radius 3 is 2.70 bits per heavy atom. The molecule has 0 radical (unpaired) electrons. The molecule has 3 aromatic carbocycles. The lowest BCUT2D eigenvalue weighted by Crippen LogP contribution is -2.09. The molecule has 0 aliphatic rings. The highest BCUT2D eigenvalue weighted by molar-refractivity contribution is 7.99. The van der Waals surface area contributed by atoms with Gasteiger partial charge in [0.05, 0.1) is 17.6 Å². The van der Waals surface area contributed by atoms with Crippen LogP contribution >= 0.6 is 11.8 Å². The Kier molecular flexibility index (Phi) is 5.64. The van der Waals surface area contributed by atoms with Gasteiger partial charge in [-0.25, -0.2) is 4.98 Å². The minimum absolute atomic E-state index is 0.621. The molecule has 1 aromatic heterocycles. The van der Waals surface area contributed by atoms with E-state index in [2.05, 4.69) is 66.1 Å². The summed E-state index contributed by atoms with van der Waals surface area (Å²) in [6.07, 6.45) is 2.41. The third kappa shape index (κ3) is 3.96. The monoisotopic (exact) mass is 376 g/mol. The van der Waals surface area contributed by atoms with Gasteiger partial charge < -0.3 is 9.30 Å². The van der Waals surface area contributed by atoms with Crippen molar-refractivity contribution in [2.45, 2.75) is 31.5 Å². The number of unbranched alkanes of at least 4 members (excludes halogenated alkanes) is 1. The first kappa shape index (κ1) is 17.9. The van der Waals surface area contributed by atoms with Crippen LogP contribution in [0.1, 0.15) is 19.8 Å². The maximum atomic E-state index is 6.16. The molecule has 138 valence electrons. The number of thioether (sulfide) groups is 1. The molecular weight excluding hydrogens is 352 g/mol. The van der Waals surface area contributed by atoms with Crippen LogP contribution in [0.2, 0.25) is 0 Å². The third-order valence-electron chi connectivity index (χ3n) is 4.67. The third-order valence-corrected chi connectivity index (χ3v) is 5.73. The summed E-state index contributed by atoms with van der Waals surface area (Å²) >= 11 is 1.84. The van der Waals surface area contributed by atoms with Gasteiger partial charge in [0.2, 0.25) is 0 Å². The SMILES string of the molecule is CCCCSc1nc2ccccc2n1CCOc1cccc2ccccc12. The number of imidazole rings is 1. The molecule has 0 N–H and O–H groups in total. The van der Waals surface area contributed by atoms with E-state index >= 15 is 0 Å². The van der Waals surface area contributed by atoms with Gasteiger partial charge in [0.25, 0.3) is 0 Å². The summed E-state index contributed by atoms with van der Waals surface area (Å²) in [6, 6.07) is 22.9. The average molecular weight is 377 g/mol. The Morgan fingerprint density at radius 2 is 1.78 bits per heavy atom. The highest BCUT2D eigenvalue weighted by Gasteiger charge is 2.11. The standard InChI is InChI=1S/C23H24N2OS/c1-2-3-17-27-23-24-20-12-6-7-13-21(20)25(23)15-16-26-22-14-8-10-18-9-4-5-11-19(18)22/h4-14H,2-3,15-17H2,1H3. The van der Waals surface area contributed by atoms with Gasteiger partial charge in [0, 0.05) is 11.1 Å². The second-order valence-electron chi connectivity index (χ2n) is 6.56. The predicted octanol–water partition coefficient (Wildman–Crippen LogP) is 6.16. The average Bonchev–Trinajstić information content (AvgIpc) is 3.06. The van der Waals surface area contributed by atoms with Crippen molar-refractivity contribution >= 4 is 33.6 Å². The van der Waals surface area contributed by atoms with E-state index in [9.17, 15) is 0 Å². The van der Waals surface area contributed by atoms with Gasteiger partial charge in [0.1, 0.15) is 12.4 Å². The van der Waals surface area contributed by atoms with Crippen molar-refractivity contribution < 1.29 is 4.74 Å². The van der Waals surface area contributed by atoms with Gasteiger partial charge in [-0.05, 0) is 30.0 Å². The molecule has 0 saturated carbocycles. The summed E-state index contributed by atoms with van der Waals surface area (Å²) in [6.45, 7) is 3.63. The number of ether oxygens (including phenoxy) is 1. The summed E-state index contributed by atoms with van der Waals surface area (Å²) in [5.74, 6) is 2.04. The van der Waals surface area contributed by atoms with Crippen molar-refractivity contribution in [1.29, 1.82) is 0 Å². The number of benzene rings is 3. The Balaban J connectivity index is 1.53. The van der Waals surface area contributed by atoms with Gasteiger partial charge in [-0.1, -0.05) is 73.6 Å². The lowest BCUT2D eigenvalue weighted by molar-refractivity contribution is 0.299. The van der Waals surface area contributed by atoms with E-state index in [1.807, 2.05) is 23.9 Å². The van der Waals surface area contributed by atoms with Gasteiger partial charge in [-0.3, -0.25) is 0 Å². The molecule has 0 amide bonds. The summed E-state index contributed by atoms with van der Waals surface area (Å²) in [7, 11) is 0. The van der Waals surface area contributed by atoms with Gasteiger partial charge in [0.15, 0.2) is 5.16 Å². The fourth-order valence-corrected chi connectivity index (χ4v) is 4.38. The minimum Gasteiger partial charge on any atom is -0.491 e. The molecular formula is C23H24N2OS. The first-order chi connectivity index (χ1) is 13.4. The second-order valence-corrected chi connectivity index (χ2v) is 7.62. The first-order valence-electron chi connectivity index (χ1n) is 9.55. The largest absolute Gasteiger partial charge is 0.491 e. The van der Waals surface area contributed by atoms with Crippen LogP contribution in [-0.2, 0) is 6.54 Å². The Labute approximate surface area is 164 Å². The smallest absolute Gasteiger partial charge is 0.169 e. The number of hydrogen-bond donors (Lipinski definition) is 0. The number of para-hydroxylation sites is 2. The molecule has 0 bridgehead atoms. The van der Waals surface area contributed by atoms with E-state index in [0.717, 1.165) is 34.1 Å². The van der Waals surface area contributed by atoms with Crippen molar-refractivity contribution in [3.63, 3.8) is 0 Å². The quantitative estimate of drug-likeness (QED) is 0.272.